The Kier molecular flexibility index (Phi) is 8.77. The van der Waals surface area contributed by atoms with Gasteiger partial charge in [-0.2, -0.15) is 0 Å². The third-order valence-electron chi connectivity index (χ3n) is 4.62. The molecule has 1 atom stereocenters. The van der Waals surface area contributed by atoms with Crippen LogP contribution in [-0.4, -0.2) is 57.3 Å². The summed E-state index contributed by atoms with van der Waals surface area (Å²) in [5.74, 6) is 1.71. The van der Waals surface area contributed by atoms with E-state index in [2.05, 4.69) is 64.8 Å². The maximum atomic E-state index is 5.65. The van der Waals surface area contributed by atoms with Gasteiger partial charge in [0.1, 0.15) is 0 Å². The predicted molar refractivity (Wildman–Crippen MR) is 105 cm³/mol. The van der Waals surface area contributed by atoms with E-state index in [9.17, 15) is 0 Å². The van der Waals surface area contributed by atoms with E-state index in [1.807, 2.05) is 7.05 Å². The van der Waals surface area contributed by atoms with Crippen LogP contribution in [0.5, 0.6) is 0 Å². The molecule has 0 saturated heterocycles. The lowest BCUT2D eigenvalue weighted by Crippen LogP contribution is -2.45. The van der Waals surface area contributed by atoms with Crippen LogP contribution >= 0.6 is 0 Å². The topological polar surface area (TPSA) is 48.9 Å². The molecular weight excluding hydrogens is 312 g/mol. The Labute approximate surface area is 152 Å². The summed E-state index contributed by atoms with van der Waals surface area (Å²) in [6, 6.07) is 11.0. The molecule has 0 aromatic heterocycles. The Morgan fingerprint density at radius 1 is 1.28 bits per heavy atom. The van der Waals surface area contributed by atoms with Crippen LogP contribution in [0.25, 0.3) is 0 Å². The summed E-state index contributed by atoms with van der Waals surface area (Å²) in [6.07, 6.45) is 3.72. The van der Waals surface area contributed by atoms with Crippen molar-refractivity contribution in [3.05, 3.63) is 35.9 Å². The van der Waals surface area contributed by atoms with Crippen LogP contribution in [0.1, 0.15) is 31.7 Å². The summed E-state index contributed by atoms with van der Waals surface area (Å²) in [4.78, 5) is 6.64. The van der Waals surface area contributed by atoms with Gasteiger partial charge in [0.05, 0.1) is 0 Å². The Morgan fingerprint density at radius 2 is 2.04 bits per heavy atom. The standard InChI is InChI=1S/C20H34N4O/c1-17(24(3)15-18-8-5-4-6-9-18)14-23-20(21-2)22-12-7-13-25-16-19-10-11-19/h4-6,8-9,17,19H,7,10-16H2,1-3H3,(H2,21,22,23). The van der Waals surface area contributed by atoms with E-state index >= 15 is 0 Å². The van der Waals surface area contributed by atoms with Crippen LogP contribution in [-0.2, 0) is 11.3 Å². The highest BCUT2D eigenvalue weighted by molar-refractivity contribution is 5.79. The molecule has 0 spiro atoms. The minimum Gasteiger partial charge on any atom is -0.381 e. The zero-order valence-corrected chi connectivity index (χ0v) is 16.0. The molecule has 140 valence electrons. The molecular formula is C20H34N4O. The fourth-order valence-electron chi connectivity index (χ4n) is 2.56. The zero-order valence-electron chi connectivity index (χ0n) is 16.0. The molecule has 0 heterocycles. The second-order valence-electron chi connectivity index (χ2n) is 7.00. The summed E-state index contributed by atoms with van der Waals surface area (Å²) in [7, 11) is 3.98. The van der Waals surface area contributed by atoms with Crippen molar-refractivity contribution < 1.29 is 4.74 Å². The molecule has 5 nitrogen and oxygen atoms in total. The Bertz CT molecular complexity index is 502. The number of rotatable bonds is 11. The first-order valence-corrected chi connectivity index (χ1v) is 9.45. The Hall–Kier alpha value is -1.59. The maximum Gasteiger partial charge on any atom is 0.191 e. The van der Waals surface area contributed by atoms with Crippen molar-refractivity contribution in [1.82, 2.24) is 15.5 Å². The van der Waals surface area contributed by atoms with Gasteiger partial charge in [0.15, 0.2) is 5.96 Å². The first-order valence-electron chi connectivity index (χ1n) is 9.45. The average Bonchev–Trinajstić information content (AvgIpc) is 3.45. The predicted octanol–water partition coefficient (Wildman–Crippen LogP) is 2.49. The summed E-state index contributed by atoms with van der Waals surface area (Å²) < 4.78 is 5.65. The molecule has 25 heavy (non-hydrogen) atoms. The van der Waals surface area contributed by atoms with Crippen molar-refractivity contribution in [3.63, 3.8) is 0 Å². The van der Waals surface area contributed by atoms with Crippen molar-refractivity contribution >= 4 is 5.96 Å². The number of ether oxygens (including phenoxy) is 1. The minimum absolute atomic E-state index is 0.417. The number of nitrogens with zero attached hydrogens (tertiary/aromatic N) is 2. The van der Waals surface area contributed by atoms with Gasteiger partial charge >= 0.3 is 0 Å². The average molecular weight is 347 g/mol. The number of guanidine groups is 1. The van der Waals surface area contributed by atoms with Crippen molar-refractivity contribution in [1.29, 1.82) is 0 Å². The summed E-state index contributed by atoms with van der Waals surface area (Å²) in [5, 5.41) is 6.77. The number of likely N-dealkylation sites (N-methyl/N-ethyl adjacent to an activating group) is 1. The van der Waals surface area contributed by atoms with E-state index < -0.39 is 0 Å². The van der Waals surface area contributed by atoms with Crippen molar-refractivity contribution in [2.45, 2.75) is 38.8 Å². The maximum absolute atomic E-state index is 5.65. The van der Waals surface area contributed by atoms with Gasteiger partial charge in [-0.05, 0) is 44.7 Å². The lowest BCUT2D eigenvalue weighted by Gasteiger charge is -2.25. The van der Waals surface area contributed by atoms with E-state index in [1.165, 1.54) is 18.4 Å². The molecule has 5 heteroatoms. The zero-order chi connectivity index (χ0) is 17.9. The van der Waals surface area contributed by atoms with Crippen LogP contribution in [0.2, 0.25) is 0 Å². The summed E-state index contributed by atoms with van der Waals surface area (Å²) >= 11 is 0. The molecule has 1 aliphatic carbocycles. The van der Waals surface area contributed by atoms with Crippen LogP contribution in [0.4, 0.5) is 0 Å². The van der Waals surface area contributed by atoms with Gasteiger partial charge in [-0.25, -0.2) is 0 Å². The highest BCUT2D eigenvalue weighted by Crippen LogP contribution is 2.28. The number of benzene rings is 1. The number of hydrogen-bond acceptors (Lipinski definition) is 3. The largest absolute Gasteiger partial charge is 0.381 e. The third kappa shape index (κ3) is 8.36. The van der Waals surface area contributed by atoms with Crippen LogP contribution in [0.3, 0.4) is 0 Å². The molecule has 1 aliphatic rings. The highest BCUT2D eigenvalue weighted by atomic mass is 16.5. The molecule has 1 aromatic rings. The van der Waals surface area contributed by atoms with Gasteiger partial charge < -0.3 is 15.4 Å². The lowest BCUT2D eigenvalue weighted by atomic mass is 10.2. The van der Waals surface area contributed by atoms with Gasteiger partial charge in [-0.3, -0.25) is 9.89 Å². The molecule has 0 aliphatic heterocycles. The van der Waals surface area contributed by atoms with E-state index in [0.717, 1.165) is 51.1 Å². The first kappa shape index (κ1) is 19.7. The van der Waals surface area contributed by atoms with E-state index in [1.54, 1.807) is 0 Å². The van der Waals surface area contributed by atoms with Gasteiger partial charge in [-0.15, -0.1) is 0 Å². The number of nitrogens with one attached hydrogen (secondary N) is 2. The molecule has 1 unspecified atom stereocenters. The lowest BCUT2D eigenvalue weighted by molar-refractivity contribution is 0.123. The minimum atomic E-state index is 0.417. The van der Waals surface area contributed by atoms with E-state index in [0.29, 0.717) is 6.04 Å². The molecule has 1 fully saturated rings. The van der Waals surface area contributed by atoms with Crippen LogP contribution < -0.4 is 10.6 Å². The highest BCUT2D eigenvalue weighted by Gasteiger charge is 2.20. The second-order valence-corrected chi connectivity index (χ2v) is 7.00. The van der Waals surface area contributed by atoms with E-state index in [-0.39, 0.29) is 0 Å². The smallest absolute Gasteiger partial charge is 0.191 e. The molecule has 0 amide bonds. The summed E-state index contributed by atoms with van der Waals surface area (Å²) in [5.41, 5.74) is 1.34. The van der Waals surface area contributed by atoms with Gasteiger partial charge in [0.2, 0.25) is 0 Å². The molecule has 2 N–H and O–H groups in total. The van der Waals surface area contributed by atoms with Crippen molar-refractivity contribution in [2.75, 3.05) is 40.4 Å². The monoisotopic (exact) mass is 346 g/mol. The van der Waals surface area contributed by atoms with Crippen molar-refractivity contribution in [3.8, 4) is 0 Å². The number of hydrogen-bond donors (Lipinski definition) is 2. The molecule has 0 radical (unpaired) electrons. The number of aliphatic imine (C=N–C) groups is 1. The van der Waals surface area contributed by atoms with Gasteiger partial charge in [0.25, 0.3) is 0 Å². The fourth-order valence-corrected chi connectivity index (χ4v) is 2.56. The van der Waals surface area contributed by atoms with E-state index in [4.69, 9.17) is 4.74 Å². The molecule has 0 bridgehead atoms. The first-order chi connectivity index (χ1) is 12.2. The van der Waals surface area contributed by atoms with Crippen molar-refractivity contribution in [2.24, 2.45) is 10.9 Å². The summed E-state index contributed by atoms with van der Waals surface area (Å²) in [6.45, 7) is 6.71. The molecule has 1 aromatic carbocycles. The Balaban J connectivity index is 1.56. The quantitative estimate of drug-likeness (QED) is 0.367. The second kappa shape index (κ2) is 11.1. The molecule has 2 rings (SSSR count). The SMILES string of the molecule is CN=C(NCCCOCC1CC1)NCC(C)N(C)Cc1ccccc1. The fraction of sp³-hybridized carbons (Fsp3) is 0.650. The normalized spacial score (nSPS) is 16.1. The third-order valence-corrected chi connectivity index (χ3v) is 4.62. The Morgan fingerprint density at radius 3 is 2.72 bits per heavy atom. The molecule has 1 saturated carbocycles. The van der Waals surface area contributed by atoms with Crippen LogP contribution in [0.15, 0.2) is 35.3 Å². The van der Waals surface area contributed by atoms with Gasteiger partial charge in [-0.1, -0.05) is 30.3 Å². The van der Waals surface area contributed by atoms with Gasteiger partial charge in [0, 0.05) is 45.9 Å². The van der Waals surface area contributed by atoms with Crippen LogP contribution in [0, 0.1) is 5.92 Å².